The zero-order valence-corrected chi connectivity index (χ0v) is 13.1. The highest BCUT2D eigenvalue weighted by Gasteiger charge is 2.20. The predicted molar refractivity (Wildman–Crippen MR) is 80.3 cm³/mol. The van der Waals surface area contributed by atoms with Crippen molar-refractivity contribution in [3.05, 3.63) is 59.9 Å². The molecule has 3 rings (SSSR count). The summed E-state index contributed by atoms with van der Waals surface area (Å²) in [4.78, 5) is 11.9. The quantitative estimate of drug-likeness (QED) is 0.379. The third-order valence-corrected chi connectivity index (χ3v) is 4.60. The number of aliphatic hydroxyl groups excluding tert-OH is 1. The topological polar surface area (TPSA) is 144 Å². The molecule has 0 aliphatic heterocycles. The lowest BCUT2D eigenvalue weighted by atomic mass is 10.2. The molecule has 2 N–H and O–H groups in total. The van der Waals surface area contributed by atoms with Crippen LogP contribution in [0.5, 0.6) is 0 Å². The average Bonchev–Trinajstić information content (AvgIpc) is 3.27. The number of halogens is 1. The highest BCUT2D eigenvalue weighted by molar-refractivity contribution is 7.89. The number of ketones is 1. The summed E-state index contributed by atoms with van der Waals surface area (Å²) >= 11 is 0. The SMILES string of the molecule is O=C(C=C(O)c1nn[nH]n1)c1cnn(S(=O)(=O)c2ccc(F)cc2)c1. The van der Waals surface area contributed by atoms with Crippen LogP contribution in [0.25, 0.3) is 5.76 Å². The third-order valence-electron chi connectivity index (χ3n) is 3.04. The fraction of sp³-hybridized carbons (Fsp3) is 0. The minimum atomic E-state index is -4.08. The summed E-state index contributed by atoms with van der Waals surface area (Å²) in [5, 5.41) is 25.6. The minimum Gasteiger partial charge on any atom is -0.504 e. The van der Waals surface area contributed by atoms with Crippen molar-refractivity contribution in [2.75, 3.05) is 0 Å². The number of aliphatic hydroxyl groups is 1. The molecule has 25 heavy (non-hydrogen) atoms. The van der Waals surface area contributed by atoms with Crippen molar-refractivity contribution in [3.8, 4) is 0 Å². The van der Waals surface area contributed by atoms with E-state index in [4.69, 9.17) is 0 Å². The Labute approximate surface area is 139 Å². The molecule has 0 bridgehead atoms. The number of allylic oxidation sites excluding steroid dienone is 1. The van der Waals surface area contributed by atoms with E-state index in [0.29, 0.717) is 4.09 Å². The number of benzene rings is 1. The van der Waals surface area contributed by atoms with Gasteiger partial charge < -0.3 is 5.11 Å². The zero-order valence-electron chi connectivity index (χ0n) is 12.2. The second kappa shape index (κ2) is 6.24. The Hall–Kier alpha value is -3.41. The van der Waals surface area contributed by atoms with E-state index in [-0.39, 0.29) is 16.3 Å². The van der Waals surface area contributed by atoms with E-state index in [2.05, 4.69) is 25.7 Å². The van der Waals surface area contributed by atoms with Crippen molar-refractivity contribution in [1.29, 1.82) is 0 Å². The van der Waals surface area contributed by atoms with Gasteiger partial charge in [0.2, 0.25) is 5.82 Å². The van der Waals surface area contributed by atoms with Gasteiger partial charge in [-0.2, -0.15) is 22.8 Å². The Morgan fingerprint density at radius 3 is 2.64 bits per heavy atom. The largest absolute Gasteiger partial charge is 0.504 e. The standard InChI is InChI=1S/C13H9FN6O4S/c14-9-1-3-10(4-2-9)25(23,24)20-7-8(6-15-20)11(21)5-12(22)13-16-18-19-17-13/h1-7,22H,(H,16,17,18,19). The van der Waals surface area contributed by atoms with Gasteiger partial charge in [-0.05, 0) is 29.5 Å². The summed E-state index contributed by atoms with van der Waals surface area (Å²) in [5.74, 6) is -2.05. The van der Waals surface area contributed by atoms with Gasteiger partial charge in [-0.25, -0.2) is 4.39 Å². The van der Waals surface area contributed by atoms with Crippen LogP contribution in [0, 0.1) is 5.82 Å². The molecule has 2 heterocycles. The van der Waals surface area contributed by atoms with Crippen molar-refractivity contribution >= 4 is 21.6 Å². The van der Waals surface area contributed by atoms with Crippen LogP contribution in [-0.4, -0.2) is 49.1 Å². The van der Waals surface area contributed by atoms with Crippen LogP contribution in [0.15, 0.2) is 47.6 Å². The Balaban J connectivity index is 1.88. The molecule has 2 aromatic heterocycles. The lowest BCUT2D eigenvalue weighted by Crippen LogP contribution is -2.13. The number of nitrogens with zero attached hydrogens (tertiary/aromatic N) is 5. The second-order valence-electron chi connectivity index (χ2n) is 4.69. The summed E-state index contributed by atoms with van der Waals surface area (Å²) in [7, 11) is -4.08. The molecular weight excluding hydrogens is 355 g/mol. The van der Waals surface area contributed by atoms with Gasteiger partial charge >= 0.3 is 0 Å². The van der Waals surface area contributed by atoms with E-state index in [9.17, 15) is 22.7 Å². The van der Waals surface area contributed by atoms with E-state index in [1.807, 2.05) is 0 Å². The smallest absolute Gasteiger partial charge is 0.282 e. The molecule has 128 valence electrons. The molecule has 0 radical (unpaired) electrons. The molecule has 10 nitrogen and oxygen atoms in total. The van der Waals surface area contributed by atoms with Crippen molar-refractivity contribution in [2.24, 2.45) is 0 Å². The monoisotopic (exact) mass is 364 g/mol. The molecule has 0 aliphatic carbocycles. The molecule has 3 aromatic rings. The van der Waals surface area contributed by atoms with E-state index in [1.54, 1.807) is 0 Å². The van der Waals surface area contributed by atoms with Crippen LogP contribution in [0.3, 0.4) is 0 Å². The molecular formula is C13H9FN6O4S. The number of hydrogen-bond acceptors (Lipinski definition) is 8. The first-order valence-corrected chi connectivity index (χ1v) is 8.06. The van der Waals surface area contributed by atoms with Crippen LogP contribution in [0.4, 0.5) is 4.39 Å². The molecule has 0 atom stereocenters. The van der Waals surface area contributed by atoms with Gasteiger partial charge in [-0.15, -0.1) is 10.2 Å². The van der Waals surface area contributed by atoms with Gasteiger partial charge in [0, 0.05) is 6.08 Å². The van der Waals surface area contributed by atoms with Crippen molar-refractivity contribution in [2.45, 2.75) is 4.90 Å². The predicted octanol–water partition coefficient (Wildman–Crippen LogP) is 0.554. The van der Waals surface area contributed by atoms with Gasteiger partial charge in [0.1, 0.15) is 5.82 Å². The van der Waals surface area contributed by atoms with Crippen molar-refractivity contribution in [3.63, 3.8) is 0 Å². The molecule has 0 spiro atoms. The van der Waals surface area contributed by atoms with Crippen LogP contribution < -0.4 is 0 Å². The Bertz CT molecular complexity index is 1040. The van der Waals surface area contributed by atoms with Gasteiger partial charge in [0.25, 0.3) is 10.0 Å². The number of carbonyl (C=O) groups is 1. The maximum Gasteiger partial charge on any atom is 0.282 e. The number of hydrogen-bond donors (Lipinski definition) is 2. The molecule has 0 saturated heterocycles. The summed E-state index contributed by atoms with van der Waals surface area (Å²) in [6.07, 6.45) is 2.79. The number of nitrogens with one attached hydrogen (secondary N) is 1. The highest BCUT2D eigenvalue weighted by Crippen LogP contribution is 2.15. The summed E-state index contributed by atoms with van der Waals surface area (Å²) in [5.41, 5.74) is -0.0965. The van der Waals surface area contributed by atoms with E-state index in [1.165, 1.54) is 0 Å². The Kier molecular flexibility index (Phi) is 4.10. The third kappa shape index (κ3) is 3.28. The van der Waals surface area contributed by atoms with Crippen LogP contribution in [0.2, 0.25) is 0 Å². The normalized spacial score (nSPS) is 12.3. The molecule has 12 heteroatoms. The fourth-order valence-corrected chi connectivity index (χ4v) is 2.94. The molecule has 0 amide bonds. The minimum absolute atomic E-state index is 0.0965. The number of carbonyl (C=O) groups excluding carboxylic acids is 1. The van der Waals surface area contributed by atoms with Gasteiger partial charge in [-0.3, -0.25) is 4.79 Å². The number of tetrazole rings is 1. The van der Waals surface area contributed by atoms with E-state index in [0.717, 1.165) is 42.7 Å². The number of aromatic amines is 1. The number of rotatable bonds is 5. The van der Waals surface area contributed by atoms with Crippen LogP contribution in [0.1, 0.15) is 16.2 Å². The first-order valence-electron chi connectivity index (χ1n) is 6.62. The molecule has 0 aliphatic rings. The van der Waals surface area contributed by atoms with E-state index < -0.39 is 27.4 Å². The lowest BCUT2D eigenvalue weighted by molar-refractivity contribution is 0.104. The molecule has 0 saturated carbocycles. The van der Waals surface area contributed by atoms with Gasteiger partial charge in [0.05, 0.1) is 22.9 Å². The van der Waals surface area contributed by atoms with Crippen molar-refractivity contribution < 1.29 is 22.7 Å². The maximum atomic E-state index is 12.9. The summed E-state index contributed by atoms with van der Waals surface area (Å²) < 4.78 is 38.2. The number of aromatic nitrogens is 6. The second-order valence-corrected chi connectivity index (χ2v) is 6.49. The first-order chi connectivity index (χ1) is 11.9. The lowest BCUT2D eigenvalue weighted by Gasteiger charge is -2.03. The molecule has 0 fully saturated rings. The summed E-state index contributed by atoms with van der Waals surface area (Å²) in [6.45, 7) is 0. The Morgan fingerprint density at radius 2 is 2.00 bits per heavy atom. The number of H-pyrrole nitrogens is 1. The van der Waals surface area contributed by atoms with Crippen LogP contribution >= 0.6 is 0 Å². The van der Waals surface area contributed by atoms with Gasteiger partial charge in [-0.1, -0.05) is 0 Å². The summed E-state index contributed by atoms with van der Waals surface area (Å²) in [6, 6.07) is 4.15. The molecule has 0 unspecified atom stereocenters. The molecule has 1 aromatic carbocycles. The highest BCUT2D eigenvalue weighted by atomic mass is 32.2. The van der Waals surface area contributed by atoms with Crippen LogP contribution in [-0.2, 0) is 10.0 Å². The van der Waals surface area contributed by atoms with Gasteiger partial charge in [0.15, 0.2) is 11.5 Å². The average molecular weight is 364 g/mol. The zero-order chi connectivity index (χ0) is 18.0. The van der Waals surface area contributed by atoms with E-state index >= 15 is 0 Å². The fourth-order valence-electron chi connectivity index (χ4n) is 1.82. The first kappa shape index (κ1) is 16.4. The Morgan fingerprint density at radius 1 is 1.28 bits per heavy atom. The maximum absolute atomic E-state index is 12.9. The van der Waals surface area contributed by atoms with Crippen molar-refractivity contribution in [1.82, 2.24) is 29.8 Å².